The average Bonchev–Trinajstić information content (AvgIpc) is 3.35. The molecule has 1 fully saturated rings. The van der Waals surface area contributed by atoms with Crippen LogP contribution in [0.25, 0.3) is 0 Å². The van der Waals surface area contributed by atoms with Gasteiger partial charge < -0.3 is 15.4 Å². The van der Waals surface area contributed by atoms with Crippen LogP contribution in [0.5, 0.6) is 0 Å². The maximum atomic E-state index is 5.48. The van der Waals surface area contributed by atoms with Crippen molar-refractivity contribution in [3.8, 4) is 0 Å². The first-order chi connectivity index (χ1) is 15.8. The second-order valence-corrected chi connectivity index (χ2v) is 7.91. The normalized spacial score (nSPS) is 15.0. The molecule has 7 heteroatoms. The summed E-state index contributed by atoms with van der Waals surface area (Å²) in [5, 5.41) is 11.3. The van der Waals surface area contributed by atoms with Gasteiger partial charge in [-0.25, -0.2) is 0 Å². The van der Waals surface area contributed by atoms with Gasteiger partial charge in [0.05, 0.1) is 19.8 Å². The van der Waals surface area contributed by atoms with E-state index < -0.39 is 0 Å². The zero-order valence-electron chi connectivity index (χ0n) is 18.7. The van der Waals surface area contributed by atoms with Crippen molar-refractivity contribution in [2.75, 3.05) is 33.4 Å². The highest BCUT2D eigenvalue weighted by Crippen LogP contribution is 2.13. The molecule has 3 aromatic rings. The standard InChI is InChI=1S/C25H32N6O/c1-26-25(28-18-22-8-3-5-10-24(22)20-31-12-6-11-29-31)27-17-21-7-2-4-9-23(21)19-30-13-15-32-16-14-30/h2-12H,13-20H2,1H3,(H2,26,27,28). The van der Waals surface area contributed by atoms with Crippen LogP contribution in [-0.4, -0.2) is 54.0 Å². The molecule has 7 nitrogen and oxygen atoms in total. The first kappa shape index (κ1) is 22.0. The van der Waals surface area contributed by atoms with Crippen molar-refractivity contribution < 1.29 is 4.74 Å². The van der Waals surface area contributed by atoms with Gasteiger partial charge in [0.2, 0.25) is 0 Å². The SMILES string of the molecule is CN=C(NCc1ccccc1CN1CCOCC1)NCc1ccccc1Cn1cccn1. The van der Waals surface area contributed by atoms with Crippen LogP contribution < -0.4 is 10.6 Å². The molecule has 0 saturated carbocycles. The first-order valence-electron chi connectivity index (χ1n) is 11.2. The lowest BCUT2D eigenvalue weighted by molar-refractivity contribution is 0.0341. The molecule has 168 valence electrons. The van der Waals surface area contributed by atoms with Gasteiger partial charge in [0.1, 0.15) is 0 Å². The highest BCUT2D eigenvalue weighted by Gasteiger charge is 2.13. The molecule has 2 heterocycles. The van der Waals surface area contributed by atoms with Gasteiger partial charge in [-0.3, -0.25) is 14.6 Å². The van der Waals surface area contributed by atoms with Gasteiger partial charge in [-0.2, -0.15) is 5.10 Å². The minimum absolute atomic E-state index is 0.701. The number of nitrogens with zero attached hydrogens (tertiary/aromatic N) is 4. The van der Waals surface area contributed by atoms with Gasteiger partial charge >= 0.3 is 0 Å². The molecule has 4 rings (SSSR count). The van der Waals surface area contributed by atoms with E-state index in [0.717, 1.165) is 51.9 Å². The fraction of sp³-hybridized carbons (Fsp3) is 0.360. The summed E-state index contributed by atoms with van der Waals surface area (Å²) in [4.78, 5) is 6.87. The number of aliphatic imine (C=N–C) groups is 1. The largest absolute Gasteiger partial charge is 0.379 e. The summed E-state index contributed by atoms with van der Waals surface area (Å²) in [7, 11) is 1.81. The second-order valence-electron chi connectivity index (χ2n) is 7.91. The van der Waals surface area contributed by atoms with Gasteiger partial charge in [-0.15, -0.1) is 0 Å². The van der Waals surface area contributed by atoms with Gasteiger partial charge in [-0.1, -0.05) is 48.5 Å². The second kappa shape index (κ2) is 11.5. The number of rotatable bonds is 8. The van der Waals surface area contributed by atoms with Crippen LogP contribution >= 0.6 is 0 Å². The highest BCUT2D eigenvalue weighted by molar-refractivity contribution is 5.79. The van der Waals surface area contributed by atoms with Crippen molar-refractivity contribution >= 4 is 5.96 Å². The maximum Gasteiger partial charge on any atom is 0.191 e. The molecule has 0 amide bonds. The summed E-state index contributed by atoms with van der Waals surface area (Å²) in [5.41, 5.74) is 5.12. The third-order valence-electron chi connectivity index (χ3n) is 5.74. The molecule has 0 bridgehead atoms. The zero-order valence-corrected chi connectivity index (χ0v) is 18.7. The van der Waals surface area contributed by atoms with Crippen LogP contribution in [0.2, 0.25) is 0 Å². The Kier molecular flexibility index (Phi) is 7.89. The van der Waals surface area contributed by atoms with Gasteiger partial charge in [0, 0.05) is 52.2 Å². The Hall–Kier alpha value is -3.16. The molecule has 2 aromatic carbocycles. The Morgan fingerprint density at radius 3 is 2.03 bits per heavy atom. The molecule has 1 aromatic heterocycles. The molecule has 32 heavy (non-hydrogen) atoms. The molecule has 2 N–H and O–H groups in total. The number of hydrogen-bond donors (Lipinski definition) is 2. The van der Waals surface area contributed by atoms with Crippen LogP contribution in [-0.2, 0) is 30.9 Å². The number of benzene rings is 2. The Morgan fingerprint density at radius 2 is 1.47 bits per heavy atom. The van der Waals surface area contributed by atoms with E-state index in [0.29, 0.717) is 6.54 Å². The lowest BCUT2D eigenvalue weighted by atomic mass is 10.1. The molecule has 1 aliphatic rings. The molecule has 0 aliphatic carbocycles. The summed E-state index contributed by atoms with van der Waals surface area (Å²) in [6, 6.07) is 19.0. The van der Waals surface area contributed by atoms with Crippen LogP contribution in [0.1, 0.15) is 22.3 Å². The van der Waals surface area contributed by atoms with E-state index in [1.165, 1.54) is 22.3 Å². The van der Waals surface area contributed by atoms with Crippen molar-refractivity contribution in [2.45, 2.75) is 26.2 Å². The van der Waals surface area contributed by atoms with Crippen LogP contribution in [0.15, 0.2) is 72.0 Å². The highest BCUT2D eigenvalue weighted by atomic mass is 16.5. The van der Waals surface area contributed by atoms with Crippen molar-refractivity contribution in [1.82, 2.24) is 25.3 Å². The first-order valence-corrected chi connectivity index (χ1v) is 11.2. The summed E-state index contributed by atoms with van der Waals surface area (Å²) in [5.74, 6) is 0.792. The Balaban J connectivity index is 1.34. The Bertz CT molecular complexity index is 995. The molecular weight excluding hydrogens is 400 g/mol. The third kappa shape index (κ3) is 6.18. The fourth-order valence-electron chi connectivity index (χ4n) is 3.92. The predicted molar refractivity (Wildman–Crippen MR) is 127 cm³/mol. The summed E-state index contributed by atoms with van der Waals surface area (Å²) >= 11 is 0. The van der Waals surface area contributed by atoms with Crippen molar-refractivity contribution in [2.24, 2.45) is 4.99 Å². The number of nitrogens with one attached hydrogen (secondary N) is 2. The maximum absolute atomic E-state index is 5.48. The fourth-order valence-corrected chi connectivity index (χ4v) is 3.92. The van der Waals surface area contributed by atoms with Crippen LogP contribution in [0, 0.1) is 0 Å². The smallest absolute Gasteiger partial charge is 0.191 e. The van der Waals surface area contributed by atoms with Crippen molar-refractivity contribution in [3.05, 3.63) is 89.2 Å². The monoisotopic (exact) mass is 432 g/mol. The number of hydrogen-bond acceptors (Lipinski definition) is 4. The summed E-state index contributed by atoms with van der Waals surface area (Å²) < 4.78 is 7.42. The summed E-state index contributed by atoms with van der Waals surface area (Å²) in [6.45, 7) is 6.76. The Labute approximate surface area is 190 Å². The average molecular weight is 433 g/mol. The number of morpholine rings is 1. The van der Waals surface area contributed by atoms with E-state index in [9.17, 15) is 0 Å². The lowest BCUT2D eigenvalue weighted by Gasteiger charge is -2.27. The molecule has 0 atom stereocenters. The minimum Gasteiger partial charge on any atom is -0.379 e. The predicted octanol–water partition coefficient (Wildman–Crippen LogP) is 2.63. The van der Waals surface area contributed by atoms with E-state index >= 15 is 0 Å². The van der Waals surface area contributed by atoms with Crippen molar-refractivity contribution in [3.63, 3.8) is 0 Å². The molecule has 1 saturated heterocycles. The number of aromatic nitrogens is 2. The van der Waals surface area contributed by atoms with E-state index in [1.807, 2.05) is 30.2 Å². The summed E-state index contributed by atoms with van der Waals surface area (Å²) in [6.07, 6.45) is 3.79. The van der Waals surface area contributed by atoms with Crippen molar-refractivity contribution in [1.29, 1.82) is 0 Å². The topological polar surface area (TPSA) is 66.7 Å². The zero-order chi connectivity index (χ0) is 22.0. The quantitative estimate of drug-likeness (QED) is 0.423. The van der Waals surface area contributed by atoms with E-state index in [-0.39, 0.29) is 0 Å². The Morgan fingerprint density at radius 1 is 0.875 bits per heavy atom. The molecule has 0 unspecified atom stereocenters. The van der Waals surface area contributed by atoms with Gasteiger partial charge in [-0.05, 0) is 28.3 Å². The minimum atomic E-state index is 0.701. The van der Waals surface area contributed by atoms with Crippen LogP contribution in [0.3, 0.4) is 0 Å². The lowest BCUT2D eigenvalue weighted by Crippen LogP contribution is -2.37. The van der Waals surface area contributed by atoms with Gasteiger partial charge in [0.15, 0.2) is 5.96 Å². The molecule has 0 radical (unpaired) electrons. The van der Waals surface area contributed by atoms with E-state index in [4.69, 9.17) is 4.74 Å². The molecule has 0 spiro atoms. The van der Waals surface area contributed by atoms with Crippen LogP contribution in [0.4, 0.5) is 0 Å². The van der Waals surface area contributed by atoms with E-state index in [1.54, 1.807) is 0 Å². The molecular formula is C25H32N6O. The molecule has 1 aliphatic heterocycles. The third-order valence-corrected chi connectivity index (χ3v) is 5.74. The van der Waals surface area contributed by atoms with Gasteiger partial charge in [0.25, 0.3) is 0 Å². The number of ether oxygens (including phenoxy) is 1. The number of guanidine groups is 1. The van der Waals surface area contributed by atoms with E-state index in [2.05, 4.69) is 74.2 Å².